The standard InChI is InChI=1S/C20H30/c1-14-5-11-20-13-19(20,12-14)10-6-15-16-4-3-8-18(16,2)9-7-17(15)20/h15-17H,1,3-13H2,2H3. The number of fused-ring (bicyclic) bond motifs is 3. The second-order valence-electron chi connectivity index (χ2n) is 9.54. The molecular formula is C20H30. The maximum atomic E-state index is 4.34. The van der Waals surface area contributed by atoms with E-state index in [4.69, 9.17) is 0 Å². The largest absolute Gasteiger partial charge is 0.0998 e. The normalized spacial score (nSPS) is 60.2. The molecule has 0 aromatic carbocycles. The van der Waals surface area contributed by atoms with Gasteiger partial charge in [-0.2, -0.15) is 0 Å². The first kappa shape index (κ1) is 12.3. The molecule has 0 aliphatic heterocycles. The summed E-state index contributed by atoms with van der Waals surface area (Å²) in [5, 5.41) is 0. The van der Waals surface area contributed by atoms with Crippen molar-refractivity contribution in [2.45, 2.75) is 77.6 Å². The molecular weight excluding hydrogens is 240 g/mol. The summed E-state index contributed by atoms with van der Waals surface area (Å²) in [6, 6.07) is 0. The summed E-state index contributed by atoms with van der Waals surface area (Å²) in [6.07, 6.45) is 16.7. The highest BCUT2D eigenvalue weighted by atomic mass is 14.8. The molecule has 0 aromatic heterocycles. The van der Waals surface area contributed by atoms with E-state index in [0.717, 1.165) is 34.0 Å². The predicted octanol–water partition coefficient (Wildman–Crippen LogP) is 5.73. The molecule has 5 fully saturated rings. The summed E-state index contributed by atoms with van der Waals surface area (Å²) in [5.41, 5.74) is 3.89. The van der Waals surface area contributed by atoms with Gasteiger partial charge in [-0.25, -0.2) is 0 Å². The third-order valence-electron chi connectivity index (χ3n) is 8.98. The van der Waals surface area contributed by atoms with Crippen LogP contribution in [0.25, 0.3) is 0 Å². The lowest BCUT2D eigenvalue weighted by Crippen LogP contribution is -2.46. The molecule has 20 heavy (non-hydrogen) atoms. The minimum Gasteiger partial charge on any atom is -0.0998 e. The summed E-state index contributed by atoms with van der Waals surface area (Å²) >= 11 is 0. The fourth-order valence-corrected chi connectivity index (χ4v) is 8.07. The predicted molar refractivity (Wildman–Crippen MR) is 83.4 cm³/mol. The SMILES string of the molecule is C=C1CCC23CC2(CCC2C4CCCC4(C)CCC23)C1. The van der Waals surface area contributed by atoms with Crippen LogP contribution in [-0.4, -0.2) is 0 Å². The Morgan fingerprint density at radius 3 is 2.80 bits per heavy atom. The zero-order valence-electron chi connectivity index (χ0n) is 13.2. The van der Waals surface area contributed by atoms with Gasteiger partial charge in [-0.1, -0.05) is 25.5 Å². The van der Waals surface area contributed by atoms with Crippen LogP contribution < -0.4 is 0 Å². The molecule has 0 amide bonds. The highest BCUT2D eigenvalue weighted by Crippen LogP contribution is 2.83. The average molecular weight is 270 g/mol. The van der Waals surface area contributed by atoms with Crippen LogP contribution in [0.15, 0.2) is 12.2 Å². The molecule has 0 radical (unpaired) electrons. The average Bonchev–Trinajstić information content (AvgIpc) is 2.95. The Morgan fingerprint density at radius 2 is 1.90 bits per heavy atom. The van der Waals surface area contributed by atoms with Gasteiger partial charge < -0.3 is 0 Å². The van der Waals surface area contributed by atoms with Crippen molar-refractivity contribution in [3.8, 4) is 0 Å². The van der Waals surface area contributed by atoms with Gasteiger partial charge in [0.2, 0.25) is 0 Å². The molecule has 0 spiro atoms. The Kier molecular flexibility index (Phi) is 2.19. The highest BCUT2D eigenvalue weighted by Gasteiger charge is 2.74. The van der Waals surface area contributed by atoms with Crippen molar-refractivity contribution in [3.63, 3.8) is 0 Å². The molecule has 0 heterocycles. The first-order chi connectivity index (χ1) is 9.59. The van der Waals surface area contributed by atoms with Gasteiger partial charge in [-0.05, 0) is 98.2 Å². The summed E-state index contributed by atoms with van der Waals surface area (Å²) in [4.78, 5) is 0. The van der Waals surface area contributed by atoms with E-state index in [1.54, 1.807) is 44.1 Å². The monoisotopic (exact) mass is 270 g/mol. The van der Waals surface area contributed by atoms with E-state index in [2.05, 4.69) is 13.5 Å². The van der Waals surface area contributed by atoms with Crippen LogP contribution in [0.2, 0.25) is 0 Å². The fraction of sp³-hybridized carbons (Fsp3) is 0.900. The Bertz CT molecular complexity index is 476. The van der Waals surface area contributed by atoms with E-state index in [-0.39, 0.29) is 0 Å². The van der Waals surface area contributed by atoms with Crippen LogP contribution in [-0.2, 0) is 0 Å². The Labute approximate surface area is 124 Å². The van der Waals surface area contributed by atoms with Gasteiger partial charge in [0.05, 0.1) is 0 Å². The number of hydrogen-bond acceptors (Lipinski definition) is 0. The van der Waals surface area contributed by atoms with Crippen LogP contribution in [0.3, 0.4) is 0 Å². The molecule has 0 saturated heterocycles. The van der Waals surface area contributed by atoms with Gasteiger partial charge >= 0.3 is 0 Å². The van der Waals surface area contributed by atoms with Crippen molar-refractivity contribution in [2.75, 3.05) is 0 Å². The maximum absolute atomic E-state index is 4.34. The molecule has 0 aromatic rings. The third-order valence-corrected chi connectivity index (χ3v) is 8.98. The lowest BCUT2D eigenvalue weighted by molar-refractivity contribution is -0.0464. The molecule has 0 bridgehead atoms. The van der Waals surface area contributed by atoms with E-state index < -0.39 is 0 Å². The van der Waals surface area contributed by atoms with Gasteiger partial charge in [-0.15, -0.1) is 0 Å². The van der Waals surface area contributed by atoms with E-state index >= 15 is 0 Å². The van der Waals surface area contributed by atoms with Gasteiger partial charge in [0, 0.05) is 0 Å². The fourth-order valence-electron chi connectivity index (χ4n) is 8.07. The van der Waals surface area contributed by atoms with Crippen LogP contribution in [0, 0.1) is 34.0 Å². The van der Waals surface area contributed by atoms with Crippen molar-refractivity contribution in [1.29, 1.82) is 0 Å². The summed E-state index contributed by atoms with van der Waals surface area (Å²) < 4.78 is 0. The summed E-state index contributed by atoms with van der Waals surface area (Å²) in [7, 11) is 0. The quantitative estimate of drug-likeness (QED) is 0.493. The highest BCUT2D eigenvalue weighted by molar-refractivity contribution is 5.28. The molecule has 6 atom stereocenters. The van der Waals surface area contributed by atoms with Crippen molar-refractivity contribution < 1.29 is 0 Å². The number of allylic oxidation sites excluding steroid dienone is 1. The van der Waals surface area contributed by atoms with E-state index in [0.29, 0.717) is 0 Å². The summed E-state index contributed by atoms with van der Waals surface area (Å²) in [6.45, 7) is 6.98. The van der Waals surface area contributed by atoms with Crippen molar-refractivity contribution >= 4 is 0 Å². The molecule has 0 nitrogen and oxygen atoms in total. The molecule has 5 rings (SSSR count). The zero-order valence-corrected chi connectivity index (χ0v) is 13.2. The van der Waals surface area contributed by atoms with Gasteiger partial charge in [0.25, 0.3) is 0 Å². The molecule has 110 valence electrons. The second kappa shape index (κ2) is 3.55. The van der Waals surface area contributed by atoms with Crippen molar-refractivity contribution in [2.24, 2.45) is 34.0 Å². The minimum absolute atomic E-state index is 0.741. The molecule has 6 unspecified atom stereocenters. The smallest absolute Gasteiger partial charge is 0.0195 e. The van der Waals surface area contributed by atoms with Crippen LogP contribution in [0.1, 0.15) is 77.6 Å². The second-order valence-corrected chi connectivity index (χ2v) is 9.54. The van der Waals surface area contributed by atoms with E-state index in [1.807, 2.05) is 0 Å². The van der Waals surface area contributed by atoms with Crippen LogP contribution in [0.5, 0.6) is 0 Å². The Morgan fingerprint density at radius 1 is 1.00 bits per heavy atom. The Balaban J connectivity index is 1.50. The van der Waals surface area contributed by atoms with E-state index in [1.165, 1.54) is 32.1 Å². The van der Waals surface area contributed by atoms with Crippen LogP contribution >= 0.6 is 0 Å². The van der Waals surface area contributed by atoms with Gasteiger partial charge in [0.1, 0.15) is 0 Å². The van der Waals surface area contributed by atoms with Gasteiger partial charge in [0.15, 0.2) is 0 Å². The van der Waals surface area contributed by atoms with E-state index in [9.17, 15) is 0 Å². The molecule has 5 aliphatic rings. The maximum Gasteiger partial charge on any atom is -0.0195 e. The number of rotatable bonds is 0. The third kappa shape index (κ3) is 1.26. The van der Waals surface area contributed by atoms with Crippen molar-refractivity contribution in [3.05, 3.63) is 12.2 Å². The first-order valence-corrected chi connectivity index (χ1v) is 9.25. The van der Waals surface area contributed by atoms with Crippen LogP contribution in [0.4, 0.5) is 0 Å². The Hall–Kier alpha value is -0.260. The molecule has 0 heteroatoms. The van der Waals surface area contributed by atoms with Gasteiger partial charge in [-0.3, -0.25) is 0 Å². The first-order valence-electron chi connectivity index (χ1n) is 9.25. The summed E-state index contributed by atoms with van der Waals surface area (Å²) in [5.74, 6) is 3.32. The number of hydrogen-bond donors (Lipinski definition) is 0. The minimum atomic E-state index is 0.741. The van der Waals surface area contributed by atoms with Crippen molar-refractivity contribution in [1.82, 2.24) is 0 Å². The lowest BCUT2D eigenvalue weighted by Gasteiger charge is -2.54. The lowest BCUT2D eigenvalue weighted by atomic mass is 9.50. The molecule has 5 saturated carbocycles. The molecule has 0 N–H and O–H groups in total. The zero-order chi connectivity index (χ0) is 13.6. The topological polar surface area (TPSA) is 0 Å². The molecule has 5 aliphatic carbocycles.